The van der Waals surface area contributed by atoms with Gasteiger partial charge in [-0.25, -0.2) is 24.9 Å². The summed E-state index contributed by atoms with van der Waals surface area (Å²) in [5.41, 5.74) is 4.60. The van der Waals surface area contributed by atoms with E-state index in [9.17, 15) is 0 Å². The second-order valence-corrected chi connectivity index (χ2v) is 30.8. The molecule has 0 atom stereocenters. The molecule has 0 amide bonds. The van der Waals surface area contributed by atoms with Crippen LogP contribution in [0.4, 0.5) is 0 Å². The summed E-state index contributed by atoms with van der Waals surface area (Å²) in [5.74, 6) is 1.69. The minimum atomic E-state index is 0.0451. The lowest BCUT2D eigenvalue weighted by Gasteiger charge is -2.19. The second kappa shape index (κ2) is 64.1. The van der Waals surface area contributed by atoms with Crippen LogP contribution in [-0.2, 0) is 49.0 Å². The minimum Gasteiger partial charge on any atom is -0.448 e. The molecule has 0 N–H and O–H groups in total. The number of thiophene rings is 1. The van der Waals surface area contributed by atoms with Gasteiger partial charge in [0.15, 0.2) is 5.89 Å². The van der Waals surface area contributed by atoms with E-state index in [1.807, 2.05) is 207 Å². The molecule has 16 heteroatoms. The minimum absolute atomic E-state index is 0.0451. The predicted octanol–water partition coefficient (Wildman–Crippen LogP) is 27.9. The van der Waals surface area contributed by atoms with Crippen LogP contribution in [0.15, 0.2) is 161 Å². The maximum absolute atomic E-state index is 5.09. The van der Waals surface area contributed by atoms with Crippen LogP contribution in [0.25, 0.3) is 0 Å². The summed E-state index contributed by atoms with van der Waals surface area (Å²) >= 11 is 3.55. The van der Waals surface area contributed by atoms with Gasteiger partial charge in [-0.05, 0) is 82.7 Å². The molecule has 9 aromatic rings. The fourth-order valence-corrected chi connectivity index (χ4v) is 7.53. The Hall–Kier alpha value is -6.52. The van der Waals surface area contributed by atoms with Crippen LogP contribution in [0.3, 0.4) is 0 Å². The predicted molar refractivity (Wildman–Crippen MR) is 455 cm³/mol. The van der Waals surface area contributed by atoms with Crippen LogP contribution in [-0.4, -0.2) is 59.4 Å². The Morgan fingerprint density at radius 2 is 0.833 bits per heavy atom. The van der Waals surface area contributed by atoms with Crippen LogP contribution in [0.2, 0.25) is 0 Å². The van der Waals surface area contributed by atoms with Gasteiger partial charge in [0.25, 0.3) is 0 Å². The van der Waals surface area contributed by atoms with Gasteiger partial charge in [-0.1, -0.05) is 287 Å². The fourth-order valence-electron chi connectivity index (χ4n) is 5.99. The molecular weight excluding hydrogens is 1300 g/mol. The first-order valence-corrected chi connectivity index (χ1v) is 39.4. The molecule has 0 aromatic carbocycles. The fraction of sp³-hybridized carbons (Fsp3) is 0.628. The maximum Gasteiger partial charge on any atom is 0.199 e. The number of hydrogen-bond acceptors (Lipinski definition) is 14. The molecular formula is C86H160N12O2S2. The molecule has 0 saturated carbocycles. The molecule has 0 aliphatic heterocycles. The number of pyridine rings is 1. The van der Waals surface area contributed by atoms with Crippen LogP contribution >= 0.6 is 22.7 Å². The Labute approximate surface area is 639 Å². The highest BCUT2D eigenvalue weighted by Gasteiger charge is 2.20. The largest absolute Gasteiger partial charge is 0.448 e. The Morgan fingerprint density at radius 3 is 1.04 bits per heavy atom. The molecule has 0 spiro atoms. The monoisotopic (exact) mass is 1460 g/mol. The molecule has 0 bridgehead atoms. The van der Waals surface area contributed by atoms with Crippen molar-refractivity contribution >= 4 is 22.7 Å². The van der Waals surface area contributed by atoms with Gasteiger partial charge in [0.1, 0.15) is 18.4 Å². The Kier molecular flexibility index (Phi) is 71.6. The SMILES string of the molecule is CC.CC.CC.CC.CC.CC.CC.CC.CC.CC(C)(C)c1ccccn1.CC(C)(C)c1cccs1.CC(C)(C)c1ccon1.CC(C)(C)c1cnccn1.CC(C)(C)c1ncccn1.CC(C)(C)c1ncco1.CC(C)(C)c1nccs1.CC(C)(C)n1cccn1.CC(C)(C)n1ccnc1. The average Bonchev–Trinajstić information content (AvgIpc) is 1.71. The zero-order chi connectivity index (χ0) is 82.3. The number of aromatic nitrogens is 12. The molecule has 0 aliphatic carbocycles. The van der Waals surface area contributed by atoms with Crippen molar-refractivity contribution in [3.63, 3.8) is 0 Å². The molecule has 0 radical (unpaired) electrons. The molecule has 0 aliphatic rings. The average molecular weight is 1460 g/mol. The van der Waals surface area contributed by atoms with Gasteiger partial charge in [-0.2, -0.15) is 5.10 Å². The maximum atomic E-state index is 5.09. The first kappa shape index (κ1) is 114. The molecule has 0 saturated heterocycles. The quantitative estimate of drug-likeness (QED) is 0.141. The van der Waals surface area contributed by atoms with E-state index >= 15 is 0 Å². The summed E-state index contributed by atoms with van der Waals surface area (Å²) < 4.78 is 13.8. The van der Waals surface area contributed by atoms with E-state index in [4.69, 9.17) is 8.94 Å². The van der Waals surface area contributed by atoms with Gasteiger partial charge < -0.3 is 13.5 Å². The van der Waals surface area contributed by atoms with Gasteiger partial charge in [0.05, 0.1) is 34.5 Å². The molecule has 9 aromatic heterocycles. The highest BCUT2D eigenvalue weighted by atomic mass is 32.1. The van der Waals surface area contributed by atoms with E-state index in [1.54, 1.807) is 73.4 Å². The number of thiazole rings is 1. The van der Waals surface area contributed by atoms with Crippen LogP contribution in [0, 0.1) is 0 Å². The molecule has 0 fully saturated rings. The summed E-state index contributed by atoms with van der Waals surface area (Å²) in [6.45, 7) is 93.7. The highest BCUT2D eigenvalue weighted by molar-refractivity contribution is 7.10. The third-order valence-corrected chi connectivity index (χ3v) is 13.6. The van der Waals surface area contributed by atoms with Gasteiger partial charge in [-0.3, -0.25) is 19.6 Å². The number of nitrogens with zero attached hydrogens (tertiary/aromatic N) is 12. The highest BCUT2D eigenvalue weighted by Crippen LogP contribution is 2.27. The lowest BCUT2D eigenvalue weighted by atomic mass is 9.92. The van der Waals surface area contributed by atoms with Crippen LogP contribution < -0.4 is 0 Å². The van der Waals surface area contributed by atoms with Gasteiger partial charge in [0, 0.05) is 128 Å². The van der Waals surface area contributed by atoms with Crippen molar-refractivity contribution < 1.29 is 8.94 Å². The van der Waals surface area contributed by atoms with E-state index in [2.05, 4.69) is 265 Å². The molecule has 9 rings (SSSR count). The van der Waals surface area contributed by atoms with Gasteiger partial charge in [0.2, 0.25) is 0 Å². The third kappa shape index (κ3) is 62.1. The number of oxazole rings is 1. The number of rotatable bonds is 0. The van der Waals surface area contributed by atoms with Crippen LogP contribution in [0.1, 0.15) is 350 Å². The third-order valence-electron chi connectivity index (χ3n) is 11.1. The van der Waals surface area contributed by atoms with E-state index in [1.165, 1.54) is 9.88 Å². The van der Waals surface area contributed by atoms with Crippen molar-refractivity contribution in [1.82, 2.24) is 59.4 Å². The Bertz CT molecular complexity index is 2480. The van der Waals surface area contributed by atoms with Crippen molar-refractivity contribution in [2.24, 2.45) is 0 Å². The molecule has 14 nitrogen and oxygen atoms in total. The Balaban J connectivity index is -0.000000132. The van der Waals surface area contributed by atoms with Crippen LogP contribution in [0.5, 0.6) is 0 Å². The first-order valence-electron chi connectivity index (χ1n) is 37.6. The molecule has 0 unspecified atom stereocenters. The van der Waals surface area contributed by atoms with Gasteiger partial charge >= 0.3 is 0 Å². The normalized spacial score (nSPS) is 10.2. The summed E-state index contributed by atoms with van der Waals surface area (Å²) in [6, 6.07) is 16.0. The summed E-state index contributed by atoms with van der Waals surface area (Å²) in [7, 11) is 0. The van der Waals surface area contributed by atoms with E-state index in [0.717, 1.165) is 28.8 Å². The van der Waals surface area contributed by atoms with Crippen molar-refractivity contribution in [3.05, 3.63) is 191 Å². The zero-order valence-electron chi connectivity index (χ0n) is 74.4. The lowest BCUT2D eigenvalue weighted by Crippen LogP contribution is -2.21. The molecule has 588 valence electrons. The van der Waals surface area contributed by atoms with E-state index in [-0.39, 0.29) is 43.6 Å². The van der Waals surface area contributed by atoms with Crippen molar-refractivity contribution in [2.45, 2.75) is 361 Å². The smallest absolute Gasteiger partial charge is 0.199 e. The Morgan fingerprint density at radius 1 is 0.333 bits per heavy atom. The summed E-state index contributed by atoms with van der Waals surface area (Å²) in [6.07, 6.45) is 26.7. The topological polar surface area (TPSA) is 165 Å². The molecule has 9 heterocycles. The van der Waals surface area contributed by atoms with Crippen molar-refractivity contribution in [1.29, 1.82) is 0 Å². The van der Waals surface area contributed by atoms with Crippen molar-refractivity contribution in [2.75, 3.05) is 0 Å². The summed E-state index contributed by atoms with van der Waals surface area (Å²) in [4.78, 5) is 34.3. The zero-order valence-corrected chi connectivity index (χ0v) is 76.1. The van der Waals surface area contributed by atoms with Crippen molar-refractivity contribution in [3.8, 4) is 0 Å². The van der Waals surface area contributed by atoms with Gasteiger partial charge in [-0.15, -0.1) is 22.7 Å². The standard InChI is InChI=1S/C9H13N.2C8H12N2.C8H12S.2C7H12N2.2C7H11NO.C7H11NS.9C2H6/c1-9(2,3)8-6-4-5-7-10-8;1-8(2,3)7-6-9-4-5-10-7;1-8(2,3)7-9-5-4-6-10-7;1-8(2,3)7-5-4-6-9-7;1-7(2,3)9-5-4-8-6-9;1-7(2,3)9-6-4-5-8-9;1-7(2,3)6-8-4-5-9-6;1-7(2,3)6-4-5-9-8-6;1-7(2,3)6-8-4-5-9-6;9*1-2/h4-7H,1-3H3;2*4-6H,1-3H3;3*4-6H,1-3H3;3*4-5H,1-3H3;9*1-2H3. The lowest BCUT2D eigenvalue weighted by molar-refractivity contribution is 0.355. The first-order chi connectivity index (χ1) is 47.4. The second-order valence-electron chi connectivity index (χ2n) is 28.9. The number of imidazole rings is 1. The van der Waals surface area contributed by atoms with E-state index < -0.39 is 0 Å². The molecule has 102 heavy (non-hydrogen) atoms. The summed E-state index contributed by atoms with van der Waals surface area (Å²) in [5, 5.41) is 13.3. The number of hydrogen-bond donors (Lipinski definition) is 0. The van der Waals surface area contributed by atoms with E-state index in [0.29, 0.717) is 5.41 Å².